The van der Waals surface area contributed by atoms with Crippen molar-refractivity contribution in [3.63, 3.8) is 0 Å². The Morgan fingerprint density at radius 3 is 1.93 bits per heavy atom. The molecule has 0 atom stereocenters. The first-order valence-electron chi connectivity index (χ1n) is 12.8. The second-order valence-electron chi connectivity index (χ2n) is 9.48. The second kappa shape index (κ2) is 13.6. The number of para-hydroxylation sites is 1. The first-order valence-corrected chi connectivity index (χ1v) is 13.5. The van der Waals surface area contributed by atoms with E-state index in [1.807, 2.05) is 91.8 Å². The van der Waals surface area contributed by atoms with E-state index in [0.717, 1.165) is 33.5 Å². The number of aliphatic carboxylic acids is 1. The Hall–Kier alpha value is -4.87. The molecule has 5 rings (SSSR count). The Labute approximate surface area is 260 Å². The Morgan fingerprint density at radius 2 is 1.36 bits per heavy atom. The number of carbonyl (C=O) groups excluding carboxylic acids is 1. The molecule has 0 fully saturated rings. The third kappa shape index (κ3) is 8.36. The highest BCUT2D eigenvalue weighted by molar-refractivity contribution is 6.35. The zero-order chi connectivity index (χ0) is 32.0. The summed E-state index contributed by atoms with van der Waals surface area (Å²) < 4.78 is 31.7. The number of aromatic nitrogens is 2. The first kappa shape index (κ1) is 32.1. The number of fused-ring (bicyclic) bond motifs is 1. The molecule has 8 nitrogen and oxygen atoms in total. The number of halogens is 5. The minimum atomic E-state index is -5.08. The Morgan fingerprint density at radius 1 is 0.795 bits per heavy atom. The zero-order valence-electron chi connectivity index (χ0n) is 23.2. The number of nitrogens with one attached hydrogen (secondary N) is 2. The van der Waals surface area contributed by atoms with Crippen LogP contribution < -0.4 is 15.5 Å². The number of carbonyl (C=O) groups is 2. The van der Waals surface area contributed by atoms with Gasteiger partial charge in [0.2, 0.25) is 5.95 Å². The van der Waals surface area contributed by atoms with Crippen LogP contribution in [0.1, 0.15) is 10.4 Å². The van der Waals surface area contributed by atoms with Crippen LogP contribution in [0.25, 0.3) is 22.0 Å². The van der Waals surface area contributed by atoms with Crippen molar-refractivity contribution in [2.24, 2.45) is 0 Å². The minimum absolute atomic E-state index is 0.204. The molecule has 1 aromatic heterocycles. The van der Waals surface area contributed by atoms with Crippen LogP contribution in [0.3, 0.4) is 0 Å². The minimum Gasteiger partial charge on any atom is -0.475 e. The molecule has 5 aromatic rings. The normalized spacial score (nSPS) is 10.9. The van der Waals surface area contributed by atoms with Crippen LogP contribution in [0.2, 0.25) is 10.0 Å². The molecule has 0 aliphatic rings. The average molecular weight is 642 g/mol. The molecule has 1 amide bonds. The lowest BCUT2D eigenvalue weighted by Crippen LogP contribution is -2.21. The molecule has 0 saturated heterocycles. The molecule has 226 valence electrons. The van der Waals surface area contributed by atoms with Gasteiger partial charge in [0, 0.05) is 46.5 Å². The van der Waals surface area contributed by atoms with E-state index in [9.17, 15) is 18.0 Å². The van der Waals surface area contributed by atoms with Gasteiger partial charge in [-0.05, 0) is 77.9 Å². The number of hydrogen-bond acceptors (Lipinski definition) is 6. The van der Waals surface area contributed by atoms with Crippen LogP contribution in [0.15, 0.2) is 91.0 Å². The summed E-state index contributed by atoms with van der Waals surface area (Å²) in [6.07, 6.45) is -5.08. The molecule has 0 aliphatic carbocycles. The number of amides is 1. The Balaban J connectivity index is 0.000000566. The average Bonchev–Trinajstić information content (AvgIpc) is 2.97. The van der Waals surface area contributed by atoms with E-state index < -0.39 is 12.1 Å². The maximum atomic E-state index is 12.8. The number of carboxylic acid groups (broad SMARTS) is 1. The number of anilines is 4. The van der Waals surface area contributed by atoms with Crippen LogP contribution >= 0.6 is 23.2 Å². The molecule has 13 heteroatoms. The lowest BCUT2D eigenvalue weighted by Gasteiger charge is -2.16. The van der Waals surface area contributed by atoms with Crippen LogP contribution in [0, 0.1) is 0 Å². The monoisotopic (exact) mass is 641 g/mol. The summed E-state index contributed by atoms with van der Waals surface area (Å²) in [6, 6.07) is 27.9. The molecule has 3 N–H and O–H groups in total. The van der Waals surface area contributed by atoms with Gasteiger partial charge in [0.25, 0.3) is 5.91 Å². The maximum Gasteiger partial charge on any atom is 0.490 e. The summed E-state index contributed by atoms with van der Waals surface area (Å²) in [5.41, 5.74) is 4.69. The fourth-order valence-corrected chi connectivity index (χ4v) is 4.49. The molecule has 0 unspecified atom stereocenters. The third-order valence-corrected chi connectivity index (χ3v) is 6.43. The highest BCUT2D eigenvalue weighted by atomic mass is 35.5. The van der Waals surface area contributed by atoms with Crippen molar-refractivity contribution < 1.29 is 27.9 Å². The molecular weight excluding hydrogens is 618 g/mol. The second-order valence-corrected chi connectivity index (χ2v) is 10.4. The van der Waals surface area contributed by atoms with Gasteiger partial charge in [0.05, 0.1) is 5.52 Å². The summed E-state index contributed by atoms with van der Waals surface area (Å²) in [5.74, 6) is -1.63. The lowest BCUT2D eigenvalue weighted by molar-refractivity contribution is -0.192. The third-order valence-electron chi connectivity index (χ3n) is 5.99. The largest absolute Gasteiger partial charge is 0.490 e. The number of carboxylic acids is 1. The summed E-state index contributed by atoms with van der Waals surface area (Å²) in [5, 5.41) is 15.4. The maximum absolute atomic E-state index is 12.8. The molecule has 4 aromatic carbocycles. The van der Waals surface area contributed by atoms with Gasteiger partial charge in [-0.15, -0.1) is 0 Å². The summed E-state index contributed by atoms with van der Waals surface area (Å²) >= 11 is 12.2. The van der Waals surface area contributed by atoms with Gasteiger partial charge in [-0.2, -0.15) is 18.2 Å². The van der Waals surface area contributed by atoms with Crippen molar-refractivity contribution in [1.82, 2.24) is 9.97 Å². The van der Waals surface area contributed by atoms with E-state index >= 15 is 0 Å². The van der Waals surface area contributed by atoms with Crippen molar-refractivity contribution >= 4 is 69.1 Å². The predicted molar refractivity (Wildman–Crippen MR) is 167 cm³/mol. The summed E-state index contributed by atoms with van der Waals surface area (Å²) in [7, 11) is 3.91. The first-order chi connectivity index (χ1) is 20.8. The molecule has 0 aliphatic heterocycles. The molecule has 44 heavy (non-hydrogen) atoms. The fourth-order valence-electron chi connectivity index (χ4n) is 3.96. The van der Waals surface area contributed by atoms with Crippen LogP contribution in [0.5, 0.6) is 0 Å². The number of benzene rings is 4. The smallest absolute Gasteiger partial charge is 0.475 e. The van der Waals surface area contributed by atoms with Crippen molar-refractivity contribution in [2.75, 3.05) is 29.6 Å². The molecule has 0 radical (unpaired) electrons. The van der Waals surface area contributed by atoms with Gasteiger partial charge in [0.15, 0.2) is 0 Å². The number of hydrogen-bond donors (Lipinski definition) is 3. The molecular formula is C31H24Cl2F3N5O3. The van der Waals surface area contributed by atoms with Gasteiger partial charge < -0.3 is 20.6 Å². The summed E-state index contributed by atoms with van der Waals surface area (Å²) in [4.78, 5) is 32.9. The van der Waals surface area contributed by atoms with Crippen molar-refractivity contribution in [3.8, 4) is 11.1 Å². The van der Waals surface area contributed by atoms with Crippen molar-refractivity contribution in [3.05, 3.63) is 107 Å². The van der Waals surface area contributed by atoms with Crippen LogP contribution in [-0.2, 0) is 4.79 Å². The molecule has 1 heterocycles. The number of rotatable bonds is 6. The van der Waals surface area contributed by atoms with Gasteiger partial charge in [-0.1, -0.05) is 47.5 Å². The lowest BCUT2D eigenvalue weighted by atomic mass is 10.0. The zero-order valence-corrected chi connectivity index (χ0v) is 24.7. The van der Waals surface area contributed by atoms with Gasteiger partial charge in [-0.3, -0.25) is 4.79 Å². The number of nitrogens with zero attached hydrogens (tertiary/aromatic N) is 3. The SMILES string of the molecule is CN(C)c1nc(Nc2ccc(NC(=O)c3ccc(-c4cc(Cl)cc(Cl)c4)cc3)cc2)nc2ccccc12.O=C(O)C(F)(F)F. The van der Waals surface area contributed by atoms with E-state index in [1.165, 1.54) is 0 Å². The number of alkyl halides is 3. The van der Waals surface area contributed by atoms with E-state index in [2.05, 4.69) is 20.6 Å². The summed E-state index contributed by atoms with van der Waals surface area (Å²) in [6.45, 7) is 0. The van der Waals surface area contributed by atoms with Crippen LogP contribution in [-0.4, -0.2) is 47.2 Å². The topological polar surface area (TPSA) is 107 Å². The van der Waals surface area contributed by atoms with E-state index in [4.69, 9.17) is 33.1 Å². The highest BCUT2D eigenvalue weighted by Crippen LogP contribution is 2.28. The molecule has 0 saturated carbocycles. The predicted octanol–water partition coefficient (Wildman–Crippen LogP) is 8.30. The quantitative estimate of drug-likeness (QED) is 0.171. The van der Waals surface area contributed by atoms with Crippen molar-refractivity contribution in [2.45, 2.75) is 6.18 Å². The highest BCUT2D eigenvalue weighted by Gasteiger charge is 2.38. The van der Waals surface area contributed by atoms with E-state index in [1.54, 1.807) is 18.2 Å². The molecule has 0 bridgehead atoms. The van der Waals surface area contributed by atoms with Gasteiger partial charge in [-0.25, -0.2) is 9.78 Å². The van der Waals surface area contributed by atoms with E-state index in [-0.39, 0.29) is 5.91 Å². The van der Waals surface area contributed by atoms with Crippen LogP contribution in [0.4, 0.5) is 36.3 Å². The Kier molecular flexibility index (Phi) is 9.92. The molecule has 0 spiro atoms. The fraction of sp³-hybridized carbons (Fsp3) is 0.0968. The van der Waals surface area contributed by atoms with Gasteiger partial charge >= 0.3 is 12.1 Å². The Bertz CT molecular complexity index is 1780. The standard InChI is InChI=1S/C29H23Cl2N5O.C2HF3O2/c1-36(2)27-25-5-3-4-6-26(25)34-29(35-27)33-24-13-11-23(12-14-24)32-28(37)19-9-7-18(8-10-19)20-15-21(30)17-22(31)16-20;3-2(4,5)1(6)7/h3-17H,1-2H3,(H,32,37)(H,33,34,35);(H,6,7). The van der Waals surface area contributed by atoms with Gasteiger partial charge in [0.1, 0.15) is 5.82 Å². The van der Waals surface area contributed by atoms with Crippen molar-refractivity contribution in [1.29, 1.82) is 0 Å². The van der Waals surface area contributed by atoms with E-state index in [0.29, 0.717) is 27.2 Å².